The lowest BCUT2D eigenvalue weighted by atomic mass is 9.81. The first-order chi connectivity index (χ1) is 10.2. The van der Waals surface area contributed by atoms with E-state index in [0.29, 0.717) is 0 Å². The third kappa shape index (κ3) is 3.79. The van der Waals surface area contributed by atoms with Crippen molar-refractivity contribution in [1.29, 1.82) is 0 Å². The fourth-order valence-electron chi connectivity index (χ4n) is 3.89. The molecule has 1 aromatic carbocycles. The summed E-state index contributed by atoms with van der Waals surface area (Å²) in [5, 5.41) is 3.65. The van der Waals surface area contributed by atoms with Gasteiger partial charge in [-0.05, 0) is 48.4 Å². The third-order valence-electron chi connectivity index (χ3n) is 5.47. The lowest BCUT2D eigenvalue weighted by Crippen LogP contribution is -2.20. The van der Waals surface area contributed by atoms with Crippen LogP contribution in [0.2, 0.25) is 0 Å². The highest BCUT2D eigenvalue weighted by molar-refractivity contribution is 5.58. The van der Waals surface area contributed by atoms with Crippen LogP contribution >= 0.6 is 0 Å². The van der Waals surface area contributed by atoms with Crippen molar-refractivity contribution in [1.82, 2.24) is 5.32 Å². The molecule has 2 aliphatic rings. The molecule has 1 aliphatic heterocycles. The second-order valence-electron chi connectivity index (χ2n) is 7.23. The van der Waals surface area contributed by atoms with Crippen LogP contribution in [0.5, 0.6) is 0 Å². The maximum absolute atomic E-state index is 3.65. The highest BCUT2D eigenvalue weighted by Gasteiger charge is 2.18. The van der Waals surface area contributed by atoms with E-state index in [1.54, 1.807) is 0 Å². The number of benzene rings is 1. The molecule has 1 aliphatic carbocycles. The van der Waals surface area contributed by atoms with Crippen LogP contribution < -0.4 is 10.2 Å². The molecular formula is C19H30N2. The van der Waals surface area contributed by atoms with Crippen molar-refractivity contribution >= 4 is 5.69 Å². The van der Waals surface area contributed by atoms with Gasteiger partial charge in [-0.2, -0.15) is 0 Å². The summed E-state index contributed by atoms with van der Waals surface area (Å²) in [7, 11) is 2.19. The molecule has 0 atom stereocenters. The van der Waals surface area contributed by atoms with Gasteiger partial charge < -0.3 is 10.2 Å². The Kier molecular flexibility index (Phi) is 4.84. The molecule has 2 heteroatoms. The summed E-state index contributed by atoms with van der Waals surface area (Å²) < 4.78 is 0. The molecule has 1 fully saturated rings. The van der Waals surface area contributed by atoms with Crippen molar-refractivity contribution in [3.05, 3.63) is 29.3 Å². The van der Waals surface area contributed by atoms with Gasteiger partial charge in [0.25, 0.3) is 0 Å². The fraction of sp³-hybridized carbons (Fsp3) is 0.684. The van der Waals surface area contributed by atoms with Crippen LogP contribution in [-0.2, 0) is 13.0 Å². The molecule has 2 nitrogen and oxygen atoms in total. The summed E-state index contributed by atoms with van der Waals surface area (Å²) >= 11 is 0. The molecule has 0 amide bonds. The van der Waals surface area contributed by atoms with Gasteiger partial charge in [-0.25, -0.2) is 0 Å². The van der Waals surface area contributed by atoms with E-state index in [4.69, 9.17) is 0 Å². The average Bonchev–Trinajstić information content (AvgIpc) is 2.86. The zero-order valence-corrected chi connectivity index (χ0v) is 13.7. The summed E-state index contributed by atoms with van der Waals surface area (Å²) in [6.07, 6.45) is 8.37. The minimum absolute atomic E-state index is 0.971. The minimum Gasteiger partial charge on any atom is -0.374 e. The van der Waals surface area contributed by atoms with Crippen LogP contribution in [0.3, 0.4) is 0 Å². The van der Waals surface area contributed by atoms with E-state index in [-0.39, 0.29) is 0 Å². The number of nitrogens with one attached hydrogen (secondary N) is 1. The molecule has 0 unspecified atom stereocenters. The molecule has 0 bridgehead atoms. The number of fused-ring (bicyclic) bond motifs is 1. The normalized spacial score (nSPS) is 25.1. The van der Waals surface area contributed by atoms with Crippen LogP contribution in [0, 0.1) is 11.8 Å². The highest BCUT2D eigenvalue weighted by Crippen LogP contribution is 2.30. The summed E-state index contributed by atoms with van der Waals surface area (Å²) in [5.74, 6) is 1.95. The van der Waals surface area contributed by atoms with Crippen molar-refractivity contribution in [3.8, 4) is 0 Å². The zero-order chi connectivity index (χ0) is 14.7. The van der Waals surface area contributed by atoms with Crippen LogP contribution in [0.4, 0.5) is 5.69 Å². The Bertz CT molecular complexity index is 461. The molecular weight excluding hydrogens is 256 g/mol. The topological polar surface area (TPSA) is 15.3 Å². The van der Waals surface area contributed by atoms with E-state index in [1.165, 1.54) is 68.4 Å². The van der Waals surface area contributed by atoms with E-state index in [0.717, 1.165) is 18.4 Å². The van der Waals surface area contributed by atoms with Crippen molar-refractivity contribution in [2.75, 3.05) is 25.0 Å². The van der Waals surface area contributed by atoms with Crippen LogP contribution in [0.25, 0.3) is 0 Å². The van der Waals surface area contributed by atoms with E-state index in [1.807, 2.05) is 0 Å². The molecule has 1 N–H and O–H groups in total. The summed E-state index contributed by atoms with van der Waals surface area (Å²) in [5.41, 5.74) is 4.40. The van der Waals surface area contributed by atoms with Gasteiger partial charge in [0, 0.05) is 25.8 Å². The smallest absolute Gasteiger partial charge is 0.0397 e. The van der Waals surface area contributed by atoms with Gasteiger partial charge in [0.1, 0.15) is 0 Å². The largest absolute Gasteiger partial charge is 0.374 e. The Hall–Kier alpha value is -1.02. The first-order valence-corrected chi connectivity index (χ1v) is 8.76. The van der Waals surface area contributed by atoms with Gasteiger partial charge in [-0.1, -0.05) is 44.7 Å². The Morgan fingerprint density at radius 2 is 2.00 bits per heavy atom. The maximum atomic E-state index is 3.65. The molecule has 1 saturated carbocycles. The van der Waals surface area contributed by atoms with E-state index >= 15 is 0 Å². The number of anilines is 1. The molecule has 1 aromatic rings. The summed E-state index contributed by atoms with van der Waals surface area (Å²) in [4.78, 5) is 2.36. The highest BCUT2D eigenvalue weighted by atomic mass is 15.1. The second-order valence-corrected chi connectivity index (χ2v) is 7.23. The predicted octanol–water partition coefficient (Wildman–Crippen LogP) is 3.98. The quantitative estimate of drug-likeness (QED) is 0.824. The predicted molar refractivity (Wildman–Crippen MR) is 90.9 cm³/mol. The van der Waals surface area contributed by atoms with Gasteiger partial charge in [0.15, 0.2) is 0 Å². The molecule has 1 heterocycles. The molecule has 3 rings (SSSR count). The fourth-order valence-corrected chi connectivity index (χ4v) is 3.89. The molecule has 0 aromatic heterocycles. The van der Waals surface area contributed by atoms with Gasteiger partial charge in [-0.15, -0.1) is 0 Å². The number of hydrogen-bond donors (Lipinski definition) is 1. The van der Waals surface area contributed by atoms with Gasteiger partial charge in [-0.3, -0.25) is 0 Å². The SMILES string of the molecule is CC1CCC(CCNCc2ccc3c(c2)CCN3C)CC1. The Balaban J connectivity index is 1.40. The first kappa shape index (κ1) is 14.9. The zero-order valence-electron chi connectivity index (χ0n) is 13.7. The van der Waals surface area contributed by atoms with Crippen LogP contribution in [0.15, 0.2) is 18.2 Å². The van der Waals surface area contributed by atoms with E-state index in [2.05, 4.69) is 42.4 Å². The lowest BCUT2D eigenvalue weighted by molar-refractivity contribution is 0.275. The number of nitrogens with zero attached hydrogens (tertiary/aromatic N) is 1. The van der Waals surface area contributed by atoms with E-state index < -0.39 is 0 Å². The lowest BCUT2D eigenvalue weighted by Gasteiger charge is -2.26. The molecule has 0 radical (unpaired) electrons. The van der Waals surface area contributed by atoms with Gasteiger partial charge >= 0.3 is 0 Å². The Morgan fingerprint density at radius 3 is 2.81 bits per heavy atom. The average molecular weight is 286 g/mol. The van der Waals surface area contributed by atoms with Crippen molar-refractivity contribution < 1.29 is 0 Å². The molecule has 0 saturated heterocycles. The first-order valence-electron chi connectivity index (χ1n) is 8.76. The Labute approximate surface area is 129 Å². The maximum Gasteiger partial charge on any atom is 0.0397 e. The van der Waals surface area contributed by atoms with Crippen molar-refractivity contribution in [2.24, 2.45) is 11.8 Å². The molecule has 116 valence electrons. The summed E-state index contributed by atoms with van der Waals surface area (Å²) in [6.45, 7) is 5.78. The number of hydrogen-bond acceptors (Lipinski definition) is 2. The van der Waals surface area contributed by atoms with Gasteiger partial charge in [0.2, 0.25) is 0 Å². The van der Waals surface area contributed by atoms with Crippen molar-refractivity contribution in [2.45, 2.75) is 52.0 Å². The third-order valence-corrected chi connectivity index (χ3v) is 5.47. The standard InChI is InChI=1S/C19H30N2/c1-15-3-5-16(6-4-15)9-11-20-14-17-7-8-19-18(13-17)10-12-21(19)2/h7-8,13,15-16,20H,3-6,9-12,14H2,1-2H3. The molecule has 21 heavy (non-hydrogen) atoms. The number of likely N-dealkylation sites (N-methyl/N-ethyl adjacent to an activating group) is 1. The van der Waals surface area contributed by atoms with Crippen molar-refractivity contribution in [3.63, 3.8) is 0 Å². The van der Waals surface area contributed by atoms with Gasteiger partial charge in [0.05, 0.1) is 0 Å². The van der Waals surface area contributed by atoms with Crippen LogP contribution in [-0.4, -0.2) is 20.1 Å². The monoisotopic (exact) mass is 286 g/mol. The second kappa shape index (κ2) is 6.83. The van der Waals surface area contributed by atoms with E-state index in [9.17, 15) is 0 Å². The molecule has 0 spiro atoms. The number of rotatable bonds is 5. The minimum atomic E-state index is 0.971. The summed E-state index contributed by atoms with van der Waals surface area (Å²) in [6, 6.07) is 6.98. The van der Waals surface area contributed by atoms with Crippen LogP contribution in [0.1, 0.15) is 50.2 Å². The Morgan fingerprint density at radius 1 is 1.19 bits per heavy atom.